The Kier molecular flexibility index (Phi) is 2.90. The lowest BCUT2D eigenvalue weighted by Crippen LogP contribution is -2.32. The molecule has 1 aliphatic rings. The van der Waals surface area contributed by atoms with Gasteiger partial charge in [0.25, 0.3) is 0 Å². The van der Waals surface area contributed by atoms with Gasteiger partial charge in [-0.3, -0.25) is 4.79 Å². The molecule has 19 heavy (non-hydrogen) atoms. The number of hydrogen-bond donors (Lipinski definition) is 1. The minimum Gasteiger partial charge on any atom is -0.361 e. The third kappa shape index (κ3) is 2.16. The molecule has 0 aliphatic carbocycles. The first-order valence-electron chi connectivity index (χ1n) is 6.68. The highest BCUT2D eigenvalue weighted by Gasteiger charge is 2.16. The van der Waals surface area contributed by atoms with Crippen LogP contribution in [0.5, 0.6) is 0 Å². The Bertz CT molecular complexity index is 666. The van der Waals surface area contributed by atoms with Gasteiger partial charge in [0.05, 0.1) is 0 Å². The molecule has 0 atom stereocenters. The average Bonchev–Trinajstić information content (AvgIpc) is 2.81. The highest BCUT2D eigenvalue weighted by atomic mass is 16.2. The molecule has 1 aromatic carbocycles. The highest BCUT2D eigenvalue weighted by molar-refractivity contribution is 5.93. The Morgan fingerprint density at radius 1 is 1.37 bits per heavy atom. The van der Waals surface area contributed by atoms with Crippen molar-refractivity contribution < 1.29 is 4.79 Å². The van der Waals surface area contributed by atoms with E-state index in [9.17, 15) is 4.79 Å². The van der Waals surface area contributed by atoms with Crippen LogP contribution in [-0.4, -0.2) is 28.9 Å². The van der Waals surface area contributed by atoms with E-state index in [0.29, 0.717) is 0 Å². The molecule has 3 rings (SSSR count). The molecule has 1 aliphatic heterocycles. The van der Waals surface area contributed by atoms with E-state index in [4.69, 9.17) is 0 Å². The third-order valence-electron chi connectivity index (χ3n) is 3.84. The molecule has 3 nitrogen and oxygen atoms in total. The zero-order valence-corrected chi connectivity index (χ0v) is 11.4. The molecule has 3 heteroatoms. The lowest BCUT2D eigenvalue weighted by Gasteiger charge is -2.25. The summed E-state index contributed by atoms with van der Waals surface area (Å²) in [5, 5.41) is 1.27. The van der Waals surface area contributed by atoms with Crippen LogP contribution in [0, 0.1) is 6.92 Å². The Morgan fingerprint density at radius 2 is 2.21 bits per heavy atom. The number of H-pyrrole nitrogens is 1. The van der Waals surface area contributed by atoms with Gasteiger partial charge in [0, 0.05) is 42.7 Å². The molecule has 98 valence electrons. The SMILES string of the molecule is CC(=O)N1CC=C(c2c[nH]c3cc(C)ccc23)CC1. The molecule has 2 aromatic rings. The van der Waals surface area contributed by atoms with Crippen LogP contribution >= 0.6 is 0 Å². The Hall–Kier alpha value is -2.03. The lowest BCUT2D eigenvalue weighted by molar-refractivity contribution is -0.128. The lowest BCUT2D eigenvalue weighted by atomic mass is 9.98. The zero-order valence-electron chi connectivity index (χ0n) is 11.4. The maximum Gasteiger partial charge on any atom is 0.219 e. The number of carbonyl (C=O) groups excluding carboxylic acids is 1. The molecule has 0 bridgehead atoms. The number of benzene rings is 1. The quantitative estimate of drug-likeness (QED) is 0.834. The number of nitrogens with zero attached hydrogens (tertiary/aromatic N) is 1. The Balaban J connectivity index is 1.95. The summed E-state index contributed by atoms with van der Waals surface area (Å²) in [5.41, 5.74) is 5.07. The number of aryl methyl sites for hydroxylation is 1. The van der Waals surface area contributed by atoms with Gasteiger partial charge in [-0.05, 0) is 30.5 Å². The largest absolute Gasteiger partial charge is 0.361 e. The topological polar surface area (TPSA) is 36.1 Å². The van der Waals surface area contributed by atoms with Gasteiger partial charge in [-0.2, -0.15) is 0 Å². The van der Waals surface area contributed by atoms with Gasteiger partial charge in [-0.1, -0.05) is 18.2 Å². The predicted octanol–water partition coefficient (Wildman–Crippen LogP) is 3.11. The molecule has 1 N–H and O–H groups in total. The monoisotopic (exact) mass is 254 g/mol. The van der Waals surface area contributed by atoms with Crippen LogP contribution in [0.4, 0.5) is 0 Å². The number of aromatic amines is 1. The van der Waals surface area contributed by atoms with Crippen LogP contribution in [0.3, 0.4) is 0 Å². The van der Waals surface area contributed by atoms with E-state index >= 15 is 0 Å². The van der Waals surface area contributed by atoms with E-state index < -0.39 is 0 Å². The van der Waals surface area contributed by atoms with Gasteiger partial charge in [0.1, 0.15) is 0 Å². The van der Waals surface area contributed by atoms with Crippen LogP contribution in [0.2, 0.25) is 0 Å². The van der Waals surface area contributed by atoms with Crippen molar-refractivity contribution in [3.8, 4) is 0 Å². The van der Waals surface area contributed by atoms with Crippen LogP contribution in [-0.2, 0) is 4.79 Å². The van der Waals surface area contributed by atoms with E-state index in [1.165, 1.54) is 27.6 Å². The van der Waals surface area contributed by atoms with E-state index in [1.807, 2.05) is 4.90 Å². The van der Waals surface area contributed by atoms with Gasteiger partial charge >= 0.3 is 0 Å². The second-order valence-electron chi connectivity index (χ2n) is 5.20. The molecule has 0 saturated heterocycles. The fourth-order valence-corrected chi connectivity index (χ4v) is 2.71. The number of amides is 1. The van der Waals surface area contributed by atoms with Crippen LogP contribution in [0.25, 0.3) is 16.5 Å². The van der Waals surface area contributed by atoms with Gasteiger partial charge in [-0.25, -0.2) is 0 Å². The van der Waals surface area contributed by atoms with Gasteiger partial charge < -0.3 is 9.88 Å². The van der Waals surface area contributed by atoms with Crippen molar-refractivity contribution in [3.05, 3.63) is 41.6 Å². The molecule has 0 radical (unpaired) electrons. The number of nitrogens with one attached hydrogen (secondary N) is 1. The summed E-state index contributed by atoms with van der Waals surface area (Å²) in [6.07, 6.45) is 5.19. The van der Waals surface area contributed by atoms with Crippen molar-refractivity contribution in [3.63, 3.8) is 0 Å². The summed E-state index contributed by atoms with van der Waals surface area (Å²) < 4.78 is 0. The van der Waals surface area contributed by atoms with Crippen molar-refractivity contribution in [2.75, 3.05) is 13.1 Å². The summed E-state index contributed by atoms with van der Waals surface area (Å²) in [6.45, 7) is 5.28. The van der Waals surface area contributed by atoms with Crippen molar-refractivity contribution in [2.24, 2.45) is 0 Å². The molecule has 2 heterocycles. The summed E-state index contributed by atoms with van der Waals surface area (Å²) in [6, 6.07) is 6.49. The van der Waals surface area contributed by atoms with Crippen LogP contribution in [0.15, 0.2) is 30.5 Å². The van der Waals surface area contributed by atoms with Crippen molar-refractivity contribution in [2.45, 2.75) is 20.3 Å². The zero-order chi connectivity index (χ0) is 13.4. The summed E-state index contributed by atoms with van der Waals surface area (Å²) >= 11 is 0. The van der Waals surface area contributed by atoms with Gasteiger partial charge in [0.2, 0.25) is 5.91 Å². The number of carbonyl (C=O) groups is 1. The second-order valence-corrected chi connectivity index (χ2v) is 5.20. The Morgan fingerprint density at radius 3 is 2.89 bits per heavy atom. The van der Waals surface area contributed by atoms with Crippen LogP contribution < -0.4 is 0 Å². The average molecular weight is 254 g/mol. The molecule has 1 aromatic heterocycles. The predicted molar refractivity (Wildman–Crippen MR) is 77.9 cm³/mol. The smallest absolute Gasteiger partial charge is 0.219 e. The van der Waals surface area contributed by atoms with E-state index in [0.717, 1.165) is 19.5 Å². The van der Waals surface area contributed by atoms with Crippen LogP contribution in [0.1, 0.15) is 24.5 Å². The maximum atomic E-state index is 11.3. The second kappa shape index (κ2) is 4.57. The van der Waals surface area contributed by atoms with E-state index in [-0.39, 0.29) is 5.91 Å². The molecular weight excluding hydrogens is 236 g/mol. The minimum absolute atomic E-state index is 0.157. The fraction of sp³-hybridized carbons (Fsp3) is 0.312. The van der Waals surface area contributed by atoms with Gasteiger partial charge in [-0.15, -0.1) is 0 Å². The Labute approximate surface area is 112 Å². The minimum atomic E-state index is 0.157. The third-order valence-corrected chi connectivity index (χ3v) is 3.84. The highest BCUT2D eigenvalue weighted by Crippen LogP contribution is 2.29. The van der Waals surface area contributed by atoms with Crippen molar-refractivity contribution >= 4 is 22.4 Å². The van der Waals surface area contributed by atoms with Crippen molar-refractivity contribution in [1.29, 1.82) is 0 Å². The standard InChI is InChI=1S/C16H18N2O/c1-11-3-4-14-15(10-17-16(14)9-11)13-5-7-18(8-6-13)12(2)19/h3-5,9-10,17H,6-8H2,1-2H3. The van der Waals surface area contributed by atoms with Gasteiger partial charge in [0.15, 0.2) is 0 Å². The number of rotatable bonds is 1. The number of fused-ring (bicyclic) bond motifs is 1. The molecule has 1 amide bonds. The first-order chi connectivity index (χ1) is 9.15. The van der Waals surface area contributed by atoms with E-state index in [1.54, 1.807) is 6.92 Å². The fourth-order valence-electron chi connectivity index (χ4n) is 2.71. The van der Waals surface area contributed by atoms with Crippen molar-refractivity contribution in [1.82, 2.24) is 9.88 Å². The molecule has 0 fully saturated rings. The first kappa shape index (κ1) is 12.0. The number of aromatic nitrogens is 1. The number of hydrogen-bond acceptors (Lipinski definition) is 1. The summed E-state index contributed by atoms with van der Waals surface area (Å²) in [5.74, 6) is 0.157. The maximum absolute atomic E-state index is 11.3. The molecule has 0 spiro atoms. The molecule has 0 unspecified atom stereocenters. The summed E-state index contributed by atoms with van der Waals surface area (Å²) in [7, 11) is 0. The first-order valence-corrected chi connectivity index (χ1v) is 6.68. The molecular formula is C16H18N2O. The summed E-state index contributed by atoms with van der Waals surface area (Å²) in [4.78, 5) is 16.5. The normalized spacial score (nSPS) is 15.7. The molecule has 0 saturated carbocycles. The van der Waals surface area contributed by atoms with E-state index in [2.05, 4.69) is 42.4 Å².